The van der Waals surface area contributed by atoms with Crippen molar-refractivity contribution in [3.8, 4) is 5.92 Å². The van der Waals surface area contributed by atoms with Crippen molar-refractivity contribution in [2.75, 3.05) is 0 Å². The van der Waals surface area contributed by atoms with E-state index in [1.807, 2.05) is 0 Å². The fourth-order valence-corrected chi connectivity index (χ4v) is 3.07. The van der Waals surface area contributed by atoms with E-state index in [4.69, 9.17) is 6.42 Å². The van der Waals surface area contributed by atoms with Crippen molar-refractivity contribution in [1.29, 1.82) is 0 Å². The van der Waals surface area contributed by atoms with Gasteiger partial charge in [-0.25, -0.2) is 0 Å². The van der Waals surface area contributed by atoms with E-state index in [2.05, 4.69) is 60.5 Å². The molecule has 103 valence electrons. The Hall–Kier alpha value is -2.26. The van der Waals surface area contributed by atoms with Gasteiger partial charge in [-0.3, -0.25) is 0 Å². The molecule has 0 bridgehead atoms. The van der Waals surface area contributed by atoms with Crippen LogP contribution in [0.4, 0.5) is 0 Å². The van der Waals surface area contributed by atoms with Crippen LogP contribution in [0.2, 0.25) is 0 Å². The van der Waals surface area contributed by atoms with Crippen LogP contribution < -0.4 is 0 Å². The first kappa shape index (κ1) is 13.7. The lowest BCUT2D eigenvalue weighted by atomic mass is 9.93. The predicted molar refractivity (Wildman–Crippen MR) is 90.8 cm³/mol. The Morgan fingerprint density at radius 2 is 1.38 bits per heavy atom. The second-order valence-corrected chi connectivity index (χ2v) is 5.53. The number of unbranched alkanes of at least 4 members (excludes halogenated alkanes) is 3. The molecule has 0 atom stereocenters. The van der Waals surface area contributed by atoms with Crippen molar-refractivity contribution in [2.24, 2.45) is 0 Å². The zero-order valence-electron chi connectivity index (χ0n) is 12.2. The van der Waals surface area contributed by atoms with E-state index in [9.17, 15) is 0 Å². The zero-order valence-corrected chi connectivity index (χ0v) is 12.2. The summed E-state index contributed by atoms with van der Waals surface area (Å²) in [7, 11) is 0. The van der Waals surface area contributed by atoms with Crippen molar-refractivity contribution in [2.45, 2.75) is 32.1 Å². The topological polar surface area (TPSA) is 0 Å². The average molecular weight is 271 g/mol. The van der Waals surface area contributed by atoms with Gasteiger partial charge >= 0.3 is 0 Å². The van der Waals surface area contributed by atoms with E-state index in [-0.39, 0.29) is 0 Å². The van der Waals surface area contributed by atoms with E-state index in [0.717, 1.165) is 19.3 Å². The van der Waals surface area contributed by atoms with Crippen LogP contribution in [0, 0.1) is 12.3 Å². The third kappa shape index (κ3) is 2.93. The van der Waals surface area contributed by atoms with E-state index in [1.165, 1.54) is 39.9 Å². The molecule has 0 nitrogen and oxygen atoms in total. The van der Waals surface area contributed by atoms with Gasteiger partial charge < -0.3 is 0 Å². The molecule has 1 radical (unpaired) electrons. The minimum Gasteiger partial charge on any atom is -0.0891 e. The van der Waals surface area contributed by atoms with Crippen LogP contribution in [0.3, 0.4) is 0 Å². The highest BCUT2D eigenvalue weighted by Crippen LogP contribution is 2.29. The minimum atomic E-state index is 0.788. The molecule has 3 rings (SSSR count). The molecule has 0 aromatic heterocycles. The molecule has 0 fully saturated rings. The van der Waals surface area contributed by atoms with Gasteiger partial charge in [0, 0.05) is 6.42 Å². The fourth-order valence-electron chi connectivity index (χ4n) is 3.07. The van der Waals surface area contributed by atoms with Gasteiger partial charge in [0.1, 0.15) is 0 Å². The molecule has 3 aromatic carbocycles. The van der Waals surface area contributed by atoms with E-state index >= 15 is 0 Å². The molecule has 0 aliphatic heterocycles. The number of aryl methyl sites for hydroxylation is 1. The summed E-state index contributed by atoms with van der Waals surface area (Å²) in [5, 5.41) is 5.43. The van der Waals surface area contributed by atoms with Crippen LogP contribution in [-0.4, -0.2) is 0 Å². The van der Waals surface area contributed by atoms with Crippen LogP contribution in [0.25, 0.3) is 21.5 Å². The summed E-state index contributed by atoms with van der Waals surface area (Å²) in [5.74, 6) is 2.48. The van der Waals surface area contributed by atoms with Crippen LogP contribution >= 0.6 is 0 Å². The molecule has 0 aliphatic carbocycles. The standard InChI is InChI=1S/C21H19/c1-2-3-4-5-6-15-21-19-13-9-7-11-17(19)16-18-12-8-10-14-20(18)21/h7-14,16H,3-6,15H2. The van der Waals surface area contributed by atoms with Gasteiger partial charge in [0.2, 0.25) is 0 Å². The van der Waals surface area contributed by atoms with Gasteiger partial charge in [-0.15, -0.1) is 0 Å². The van der Waals surface area contributed by atoms with Gasteiger partial charge in [0.15, 0.2) is 0 Å². The van der Waals surface area contributed by atoms with Crippen molar-refractivity contribution in [1.82, 2.24) is 0 Å². The van der Waals surface area contributed by atoms with Crippen LogP contribution in [0.15, 0.2) is 54.6 Å². The summed E-state index contributed by atoms with van der Waals surface area (Å²) in [6.45, 7) is 0. The number of rotatable bonds is 5. The Bertz CT molecular complexity index is 736. The quantitative estimate of drug-likeness (QED) is 0.318. The summed E-state index contributed by atoms with van der Waals surface area (Å²) in [6.07, 6.45) is 12.3. The SMILES string of the molecule is [C]#CCCCCCc1c2ccccc2cc2ccccc12. The minimum absolute atomic E-state index is 0.788. The molecule has 0 N–H and O–H groups in total. The summed E-state index contributed by atoms with van der Waals surface area (Å²) in [6, 6.07) is 19.7. The lowest BCUT2D eigenvalue weighted by Gasteiger charge is -2.11. The van der Waals surface area contributed by atoms with Crippen molar-refractivity contribution < 1.29 is 0 Å². The molecule has 0 saturated carbocycles. The van der Waals surface area contributed by atoms with E-state index in [1.54, 1.807) is 0 Å². The third-order valence-electron chi connectivity index (χ3n) is 4.11. The Morgan fingerprint density at radius 3 is 2.00 bits per heavy atom. The summed E-state index contributed by atoms with van der Waals surface area (Å²) in [5.41, 5.74) is 1.47. The van der Waals surface area contributed by atoms with Crippen molar-refractivity contribution in [3.63, 3.8) is 0 Å². The first-order valence-electron chi connectivity index (χ1n) is 7.69. The average Bonchev–Trinajstić information content (AvgIpc) is 2.53. The second-order valence-electron chi connectivity index (χ2n) is 5.53. The Kier molecular flexibility index (Phi) is 4.22. The Morgan fingerprint density at radius 1 is 0.762 bits per heavy atom. The highest BCUT2D eigenvalue weighted by atomic mass is 14.1. The fraction of sp³-hybridized carbons (Fsp3) is 0.238. The van der Waals surface area contributed by atoms with Crippen LogP contribution in [-0.2, 0) is 6.42 Å². The normalized spacial score (nSPS) is 10.8. The molecule has 0 spiro atoms. The molecular weight excluding hydrogens is 252 g/mol. The number of hydrogen-bond donors (Lipinski definition) is 0. The maximum atomic E-state index is 6.97. The van der Waals surface area contributed by atoms with Gasteiger partial charge in [-0.2, -0.15) is 0 Å². The number of benzene rings is 3. The zero-order chi connectivity index (χ0) is 14.5. The molecule has 0 heteroatoms. The van der Waals surface area contributed by atoms with Crippen LogP contribution in [0.5, 0.6) is 0 Å². The molecule has 0 unspecified atom stereocenters. The molecule has 21 heavy (non-hydrogen) atoms. The molecule has 0 aliphatic rings. The maximum Gasteiger partial charge on any atom is 0.00989 e. The molecule has 0 heterocycles. The lowest BCUT2D eigenvalue weighted by molar-refractivity contribution is 0.696. The number of fused-ring (bicyclic) bond motifs is 2. The van der Waals surface area contributed by atoms with Gasteiger partial charge in [-0.05, 0) is 58.9 Å². The Labute approximate surface area is 126 Å². The van der Waals surface area contributed by atoms with Crippen molar-refractivity contribution in [3.05, 3.63) is 66.6 Å². The lowest BCUT2D eigenvalue weighted by Crippen LogP contribution is -1.91. The summed E-state index contributed by atoms with van der Waals surface area (Å²) < 4.78 is 0. The highest BCUT2D eigenvalue weighted by Gasteiger charge is 2.06. The molecule has 0 amide bonds. The van der Waals surface area contributed by atoms with Gasteiger partial charge in [-0.1, -0.05) is 60.9 Å². The van der Waals surface area contributed by atoms with Gasteiger partial charge in [0.05, 0.1) is 0 Å². The Balaban J connectivity index is 1.98. The highest BCUT2D eigenvalue weighted by molar-refractivity contribution is 6.02. The molecule has 0 saturated heterocycles. The second kappa shape index (κ2) is 6.46. The maximum absolute atomic E-state index is 6.97. The first-order valence-corrected chi connectivity index (χ1v) is 7.69. The number of hydrogen-bond acceptors (Lipinski definition) is 0. The van der Waals surface area contributed by atoms with Crippen LogP contribution in [0.1, 0.15) is 31.2 Å². The molecular formula is C21H19. The monoisotopic (exact) mass is 271 g/mol. The van der Waals surface area contributed by atoms with E-state index < -0.39 is 0 Å². The largest absolute Gasteiger partial charge is 0.0891 e. The summed E-state index contributed by atoms with van der Waals surface area (Å²) >= 11 is 0. The molecule has 3 aromatic rings. The van der Waals surface area contributed by atoms with E-state index in [0.29, 0.717) is 0 Å². The summed E-state index contributed by atoms with van der Waals surface area (Å²) in [4.78, 5) is 0. The van der Waals surface area contributed by atoms with Crippen molar-refractivity contribution >= 4 is 21.5 Å². The first-order chi connectivity index (χ1) is 10.4. The van der Waals surface area contributed by atoms with Gasteiger partial charge in [0.25, 0.3) is 0 Å². The predicted octanol–water partition coefficient (Wildman–Crippen LogP) is 5.69. The third-order valence-corrected chi connectivity index (χ3v) is 4.11. The smallest absolute Gasteiger partial charge is 0.00989 e.